The van der Waals surface area contributed by atoms with Crippen LogP contribution in [0.15, 0.2) is 47.4 Å². The molecule has 0 saturated carbocycles. The molecule has 0 unspecified atom stereocenters. The van der Waals surface area contributed by atoms with E-state index < -0.39 is 0 Å². The number of halogens is 2. The first-order chi connectivity index (χ1) is 16.4. The van der Waals surface area contributed by atoms with Gasteiger partial charge in [-0.15, -0.1) is 0 Å². The van der Waals surface area contributed by atoms with Crippen molar-refractivity contribution < 1.29 is 19.1 Å². The summed E-state index contributed by atoms with van der Waals surface area (Å²) in [7, 11) is 0. The Morgan fingerprint density at radius 3 is 2.59 bits per heavy atom. The molecule has 1 saturated heterocycles. The highest BCUT2D eigenvalue weighted by molar-refractivity contribution is 8.26. The number of hydrogen-bond donors (Lipinski definition) is 0. The third-order valence-corrected chi connectivity index (χ3v) is 6.99. The fourth-order valence-corrected chi connectivity index (χ4v) is 5.03. The van der Waals surface area contributed by atoms with Crippen molar-refractivity contribution in [3.63, 3.8) is 0 Å². The number of benzene rings is 2. The number of rotatable bonds is 11. The SMILES string of the molecule is CCOC(=O)CCCCCN1C(=O)/C(=C/c2ccc(OCc3ccc(Cl)cc3Cl)cc2)SC1=S. The average molecular weight is 539 g/mol. The van der Waals surface area contributed by atoms with Gasteiger partial charge in [0.2, 0.25) is 0 Å². The van der Waals surface area contributed by atoms with Gasteiger partial charge in [-0.2, -0.15) is 0 Å². The normalized spacial score (nSPS) is 14.7. The van der Waals surface area contributed by atoms with Crippen LogP contribution < -0.4 is 4.74 Å². The minimum absolute atomic E-state index is 0.0851. The van der Waals surface area contributed by atoms with Gasteiger partial charge in [-0.05, 0) is 55.7 Å². The number of thioether (sulfide) groups is 1. The molecule has 3 rings (SSSR count). The minimum Gasteiger partial charge on any atom is -0.489 e. The molecule has 5 nitrogen and oxygen atoms in total. The highest BCUT2D eigenvalue weighted by atomic mass is 35.5. The zero-order valence-electron chi connectivity index (χ0n) is 18.7. The summed E-state index contributed by atoms with van der Waals surface area (Å²) in [4.78, 5) is 26.4. The average Bonchev–Trinajstić information content (AvgIpc) is 3.06. The van der Waals surface area contributed by atoms with Gasteiger partial charge in [0.25, 0.3) is 5.91 Å². The summed E-state index contributed by atoms with van der Waals surface area (Å²) in [5.41, 5.74) is 1.73. The van der Waals surface area contributed by atoms with Crippen LogP contribution in [0.3, 0.4) is 0 Å². The first kappa shape index (κ1) is 26.5. The van der Waals surface area contributed by atoms with Crippen LogP contribution in [0.4, 0.5) is 0 Å². The quantitative estimate of drug-likeness (QED) is 0.134. The Bertz CT molecular complexity index is 1070. The fourth-order valence-electron chi connectivity index (χ4n) is 3.25. The standard InChI is InChI=1S/C25H25Cl2NO4S2/c1-2-31-23(29)6-4-3-5-13-28-24(30)22(34-25(28)33)14-17-7-11-20(12-8-17)32-16-18-9-10-19(26)15-21(18)27/h7-12,14-15H,2-6,13,16H2,1H3/b22-14-. The van der Waals surface area contributed by atoms with Crippen molar-refractivity contribution in [1.29, 1.82) is 0 Å². The maximum atomic E-state index is 12.8. The first-order valence-electron chi connectivity index (χ1n) is 10.9. The third kappa shape index (κ3) is 7.73. The number of ether oxygens (including phenoxy) is 2. The number of carbonyl (C=O) groups excluding carboxylic acids is 2. The van der Waals surface area contributed by atoms with Gasteiger partial charge >= 0.3 is 5.97 Å². The second-order valence-electron chi connectivity index (χ2n) is 7.54. The molecule has 9 heteroatoms. The van der Waals surface area contributed by atoms with Crippen LogP contribution in [0.25, 0.3) is 6.08 Å². The third-order valence-electron chi connectivity index (χ3n) is 5.03. The van der Waals surface area contributed by atoms with Crippen molar-refractivity contribution >= 4 is 69.5 Å². The van der Waals surface area contributed by atoms with E-state index in [1.807, 2.05) is 36.4 Å². The summed E-state index contributed by atoms with van der Waals surface area (Å²) in [6.07, 6.45) is 4.58. The molecular formula is C25H25Cl2NO4S2. The maximum absolute atomic E-state index is 12.8. The minimum atomic E-state index is -0.179. The highest BCUT2D eigenvalue weighted by Crippen LogP contribution is 2.33. The molecule has 0 N–H and O–H groups in total. The molecule has 0 aliphatic carbocycles. The summed E-state index contributed by atoms with van der Waals surface area (Å²) < 4.78 is 11.3. The zero-order chi connectivity index (χ0) is 24.5. The van der Waals surface area contributed by atoms with E-state index in [2.05, 4.69) is 0 Å². The van der Waals surface area contributed by atoms with E-state index in [1.165, 1.54) is 11.8 Å². The Hall–Kier alpha value is -2.06. The number of carbonyl (C=O) groups is 2. The molecule has 1 aliphatic heterocycles. The van der Waals surface area contributed by atoms with Crippen LogP contribution in [0.2, 0.25) is 10.0 Å². The zero-order valence-corrected chi connectivity index (χ0v) is 21.9. The maximum Gasteiger partial charge on any atom is 0.305 e. The summed E-state index contributed by atoms with van der Waals surface area (Å²) in [6, 6.07) is 12.8. The lowest BCUT2D eigenvalue weighted by Crippen LogP contribution is -2.29. The molecule has 2 aromatic rings. The largest absolute Gasteiger partial charge is 0.489 e. The molecule has 1 fully saturated rings. The Morgan fingerprint density at radius 1 is 1.12 bits per heavy atom. The second kappa shape index (κ2) is 13.1. The molecule has 2 aromatic carbocycles. The van der Waals surface area contributed by atoms with E-state index in [-0.39, 0.29) is 11.9 Å². The van der Waals surface area contributed by atoms with E-state index in [0.29, 0.717) is 51.2 Å². The molecule has 0 spiro atoms. The molecule has 34 heavy (non-hydrogen) atoms. The summed E-state index contributed by atoms with van der Waals surface area (Å²) in [6.45, 7) is 3.07. The van der Waals surface area contributed by atoms with Crippen molar-refractivity contribution in [3.05, 3.63) is 68.5 Å². The van der Waals surface area contributed by atoms with Gasteiger partial charge in [0, 0.05) is 28.6 Å². The summed E-state index contributed by atoms with van der Waals surface area (Å²) in [5.74, 6) is 0.429. The van der Waals surface area contributed by atoms with E-state index in [4.69, 9.17) is 44.9 Å². The van der Waals surface area contributed by atoms with Crippen molar-refractivity contribution in [3.8, 4) is 5.75 Å². The monoisotopic (exact) mass is 537 g/mol. The Morgan fingerprint density at radius 2 is 1.88 bits per heavy atom. The first-order valence-corrected chi connectivity index (χ1v) is 12.9. The van der Waals surface area contributed by atoms with Crippen molar-refractivity contribution in [2.24, 2.45) is 0 Å². The number of amides is 1. The van der Waals surface area contributed by atoms with Gasteiger partial charge in [-0.1, -0.05) is 71.8 Å². The molecule has 0 radical (unpaired) electrons. The van der Waals surface area contributed by atoms with Crippen molar-refractivity contribution in [2.75, 3.05) is 13.2 Å². The van der Waals surface area contributed by atoms with Gasteiger partial charge in [0.05, 0.1) is 11.5 Å². The summed E-state index contributed by atoms with van der Waals surface area (Å²) in [5, 5.41) is 1.14. The number of esters is 1. The van der Waals surface area contributed by atoms with Crippen molar-refractivity contribution in [1.82, 2.24) is 4.90 Å². The van der Waals surface area contributed by atoms with Crippen LogP contribution in [0, 0.1) is 0 Å². The lowest BCUT2D eigenvalue weighted by molar-refractivity contribution is -0.143. The highest BCUT2D eigenvalue weighted by Gasteiger charge is 2.31. The Balaban J connectivity index is 1.49. The molecule has 0 atom stereocenters. The molecule has 180 valence electrons. The van der Waals surface area contributed by atoms with Crippen LogP contribution in [-0.4, -0.2) is 34.2 Å². The molecule has 0 bridgehead atoms. The molecule has 1 heterocycles. The van der Waals surface area contributed by atoms with Crippen LogP contribution in [0.1, 0.15) is 43.7 Å². The topological polar surface area (TPSA) is 55.8 Å². The van der Waals surface area contributed by atoms with Crippen molar-refractivity contribution in [2.45, 2.75) is 39.2 Å². The van der Waals surface area contributed by atoms with Gasteiger partial charge in [0.15, 0.2) is 0 Å². The van der Waals surface area contributed by atoms with E-state index in [0.717, 1.165) is 30.4 Å². The lowest BCUT2D eigenvalue weighted by atomic mass is 10.2. The van der Waals surface area contributed by atoms with Gasteiger partial charge in [0.1, 0.15) is 16.7 Å². The smallest absolute Gasteiger partial charge is 0.305 e. The number of thiocarbonyl (C=S) groups is 1. The molecule has 0 aromatic heterocycles. The molecular weight excluding hydrogens is 513 g/mol. The Labute approximate surface area is 219 Å². The number of hydrogen-bond acceptors (Lipinski definition) is 6. The summed E-state index contributed by atoms with van der Waals surface area (Å²) >= 11 is 18.8. The predicted molar refractivity (Wildman–Crippen MR) is 142 cm³/mol. The van der Waals surface area contributed by atoms with Crippen LogP contribution in [-0.2, 0) is 20.9 Å². The number of nitrogens with zero attached hydrogens (tertiary/aromatic N) is 1. The van der Waals surface area contributed by atoms with Gasteiger partial charge in [-0.3, -0.25) is 14.5 Å². The number of unbranched alkanes of at least 4 members (excludes halogenated alkanes) is 2. The van der Waals surface area contributed by atoms with E-state index in [9.17, 15) is 9.59 Å². The Kier molecular flexibility index (Phi) is 10.3. The van der Waals surface area contributed by atoms with Crippen LogP contribution in [0.5, 0.6) is 5.75 Å². The van der Waals surface area contributed by atoms with Gasteiger partial charge < -0.3 is 9.47 Å². The van der Waals surface area contributed by atoms with E-state index in [1.54, 1.807) is 24.0 Å². The van der Waals surface area contributed by atoms with Gasteiger partial charge in [-0.25, -0.2) is 0 Å². The second-order valence-corrected chi connectivity index (χ2v) is 10.1. The fraction of sp³-hybridized carbons (Fsp3) is 0.320. The molecule has 1 aliphatic rings. The van der Waals surface area contributed by atoms with E-state index >= 15 is 0 Å². The lowest BCUT2D eigenvalue weighted by Gasteiger charge is -2.14. The predicted octanol–water partition coefficient (Wildman–Crippen LogP) is 6.90. The van der Waals surface area contributed by atoms with Crippen LogP contribution >= 0.6 is 47.2 Å². The molecule has 1 amide bonds.